The Balaban J connectivity index is 1.86. The second-order valence-corrected chi connectivity index (χ2v) is 7.20. The summed E-state index contributed by atoms with van der Waals surface area (Å²) in [4.78, 5) is 6.93. The summed E-state index contributed by atoms with van der Waals surface area (Å²) >= 11 is 8.06. The van der Waals surface area contributed by atoms with Crippen molar-refractivity contribution in [2.75, 3.05) is 43.0 Å². The van der Waals surface area contributed by atoms with E-state index in [2.05, 4.69) is 36.0 Å². The molecule has 126 valence electrons. The van der Waals surface area contributed by atoms with Gasteiger partial charge in [-0.15, -0.1) is 0 Å². The molecule has 3 nitrogen and oxygen atoms in total. The second-order valence-electron chi connectivity index (χ2n) is 5.54. The highest BCUT2D eigenvalue weighted by atomic mass is 35.5. The highest BCUT2D eigenvalue weighted by molar-refractivity contribution is 7.99. The van der Waals surface area contributed by atoms with Gasteiger partial charge in [-0.2, -0.15) is 11.8 Å². The smallest absolute Gasteiger partial charge is 0.0737 e. The van der Waals surface area contributed by atoms with Crippen LogP contribution in [-0.4, -0.2) is 47.6 Å². The van der Waals surface area contributed by atoms with Gasteiger partial charge in [-0.1, -0.05) is 25.4 Å². The van der Waals surface area contributed by atoms with Crippen molar-refractivity contribution in [3.8, 4) is 0 Å². The van der Waals surface area contributed by atoms with Crippen LogP contribution in [0.1, 0.15) is 19.4 Å². The molecule has 5 heteroatoms. The number of anilines is 1. The minimum atomic E-state index is 0.728. The number of aryl methyl sites for hydroxylation is 1. The van der Waals surface area contributed by atoms with E-state index in [1.807, 2.05) is 36.2 Å². The van der Waals surface area contributed by atoms with Gasteiger partial charge in [0.15, 0.2) is 0 Å². The molecular weight excluding hydrogens is 326 g/mol. The van der Waals surface area contributed by atoms with Crippen LogP contribution in [0, 0.1) is 6.92 Å². The fourth-order valence-electron chi connectivity index (χ4n) is 2.58. The lowest BCUT2D eigenvalue weighted by molar-refractivity contribution is 0.324. The van der Waals surface area contributed by atoms with Crippen LogP contribution < -0.4 is 5.32 Å². The number of fused-ring (bicyclic) bond motifs is 1. The van der Waals surface area contributed by atoms with Crippen LogP contribution in [0.3, 0.4) is 0 Å². The minimum Gasteiger partial charge on any atom is -0.383 e. The first-order valence-corrected chi connectivity index (χ1v) is 9.77. The van der Waals surface area contributed by atoms with E-state index in [4.69, 9.17) is 11.6 Å². The van der Waals surface area contributed by atoms with E-state index in [0.29, 0.717) is 0 Å². The lowest BCUT2D eigenvalue weighted by Gasteiger charge is -2.17. The standard InChI is InChI=1S/C18H26ClN3S/c1-4-22(5-2)9-11-23-10-8-20-18-14(3)13-21-17-12-15(19)6-7-16(17)18/h6-7,12-13H,4-5,8-11H2,1-3H3,(H,20,21). The number of rotatable bonds is 9. The first-order valence-electron chi connectivity index (χ1n) is 8.24. The quantitative estimate of drug-likeness (QED) is 0.664. The zero-order valence-corrected chi connectivity index (χ0v) is 15.8. The van der Waals surface area contributed by atoms with Crippen LogP contribution in [0.2, 0.25) is 5.02 Å². The molecule has 0 atom stereocenters. The normalized spacial score (nSPS) is 11.3. The van der Waals surface area contributed by atoms with Crippen molar-refractivity contribution in [3.63, 3.8) is 0 Å². The van der Waals surface area contributed by atoms with E-state index >= 15 is 0 Å². The van der Waals surface area contributed by atoms with Gasteiger partial charge in [0.05, 0.1) is 5.52 Å². The summed E-state index contributed by atoms with van der Waals surface area (Å²) in [5.41, 5.74) is 3.30. The molecule has 0 aliphatic rings. The summed E-state index contributed by atoms with van der Waals surface area (Å²) in [5, 5.41) is 5.44. The summed E-state index contributed by atoms with van der Waals surface area (Å²) < 4.78 is 0. The van der Waals surface area contributed by atoms with E-state index < -0.39 is 0 Å². The van der Waals surface area contributed by atoms with Gasteiger partial charge in [0.25, 0.3) is 0 Å². The molecule has 0 saturated carbocycles. The van der Waals surface area contributed by atoms with E-state index in [-0.39, 0.29) is 0 Å². The van der Waals surface area contributed by atoms with Crippen molar-refractivity contribution in [1.29, 1.82) is 0 Å². The number of nitrogens with zero attached hydrogens (tertiary/aromatic N) is 2. The molecular formula is C18H26ClN3S. The Labute approximate surface area is 148 Å². The molecule has 1 N–H and O–H groups in total. The number of hydrogen-bond donors (Lipinski definition) is 1. The van der Waals surface area contributed by atoms with Crippen LogP contribution in [0.4, 0.5) is 5.69 Å². The summed E-state index contributed by atoms with van der Waals surface area (Å²) in [7, 11) is 0. The number of hydrogen-bond acceptors (Lipinski definition) is 4. The lowest BCUT2D eigenvalue weighted by atomic mass is 10.1. The average Bonchev–Trinajstić information content (AvgIpc) is 2.56. The Morgan fingerprint density at radius 2 is 2.00 bits per heavy atom. The van der Waals surface area contributed by atoms with Crippen molar-refractivity contribution in [2.24, 2.45) is 0 Å². The molecule has 23 heavy (non-hydrogen) atoms. The highest BCUT2D eigenvalue weighted by Crippen LogP contribution is 2.27. The maximum atomic E-state index is 6.05. The van der Waals surface area contributed by atoms with E-state index in [1.165, 1.54) is 23.5 Å². The molecule has 0 saturated heterocycles. The van der Waals surface area contributed by atoms with Gasteiger partial charge in [0.1, 0.15) is 0 Å². The minimum absolute atomic E-state index is 0.728. The summed E-state index contributed by atoms with van der Waals surface area (Å²) in [6.07, 6.45) is 1.91. The lowest BCUT2D eigenvalue weighted by Crippen LogP contribution is -2.25. The molecule has 2 aromatic rings. The Hall–Kier alpha value is -0.970. The monoisotopic (exact) mass is 351 g/mol. The maximum Gasteiger partial charge on any atom is 0.0737 e. The molecule has 0 amide bonds. The highest BCUT2D eigenvalue weighted by Gasteiger charge is 2.06. The summed E-state index contributed by atoms with van der Waals surface area (Å²) in [5.74, 6) is 2.30. The molecule has 1 aromatic carbocycles. The number of pyridine rings is 1. The van der Waals surface area contributed by atoms with Gasteiger partial charge >= 0.3 is 0 Å². The predicted molar refractivity (Wildman–Crippen MR) is 105 cm³/mol. The third-order valence-electron chi connectivity index (χ3n) is 4.02. The molecule has 0 radical (unpaired) electrons. The zero-order chi connectivity index (χ0) is 16.7. The van der Waals surface area contributed by atoms with E-state index in [1.54, 1.807) is 0 Å². The van der Waals surface area contributed by atoms with Crippen molar-refractivity contribution in [1.82, 2.24) is 9.88 Å². The van der Waals surface area contributed by atoms with Crippen molar-refractivity contribution >= 4 is 40.0 Å². The maximum absolute atomic E-state index is 6.05. The van der Waals surface area contributed by atoms with Gasteiger partial charge in [-0.05, 0) is 43.8 Å². The molecule has 0 unspecified atom stereocenters. The van der Waals surface area contributed by atoms with Crippen LogP contribution in [-0.2, 0) is 0 Å². The first kappa shape index (κ1) is 18.4. The number of aromatic nitrogens is 1. The third-order valence-corrected chi connectivity index (χ3v) is 5.21. The third kappa shape index (κ3) is 5.27. The molecule has 0 fully saturated rings. The zero-order valence-electron chi connectivity index (χ0n) is 14.2. The molecule has 0 spiro atoms. The average molecular weight is 352 g/mol. The van der Waals surface area contributed by atoms with Crippen LogP contribution >= 0.6 is 23.4 Å². The summed E-state index contributed by atoms with van der Waals surface area (Å²) in [6, 6.07) is 5.89. The molecule has 2 rings (SSSR count). The fraction of sp³-hybridized carbons (Fsp3) is 0.500. The fourth-order valence-corrected chi connectivity index (χ4v) is 3.59. The van der Waals surface area contributed by atoms with Crippen LogP contribution in [0.15, 0.2) is 24.4 Å². The number of halogens is 1. The van der Waals surface area contributed by atoms with Gasteiger partial charge in [0, 0.05) is 46.9 Å². The number of benzene rings is 1. The molecule has 0 aliphatic carbocycles. The summed E-state index contributed by atoms with van der Waals surface area (Å²) in [6.45, 7) is 11.0. The van der Waals surface area contributed by atoms with Crippen LogP contribution in [0.5, 0.6) is 0 Å². The van der Waals surface area contributed by atoms with E-state index in [0.717, 1.165) is 41.3 Å². The van der Waals surface area contributed by atoms with Crippen molar-refractivity contribution in [2.45, 2.75) is 20.8 Å². The number of thioether (sulfide) groups is 1. The Bertz CT molecular complexity index is 629. The Morgan fingerprint density at radius 3 is 2.74 bits per heavy atom. The SMILES string of the molecule is CCN(CC)CCSCCNc1c(C)cnc2cc(Cl)ccc12. The Kier molecular flexibility index (Phi) is 7.47. The predicted octanol–water partition coefficient (Wildman–Crippen LogP) is 4.68. The van der Waals surface area contributed by atoms with Crippen LogP contribution in [0.25, 0.3) is 10.9 Å². The van der Waals surface area contributed by atoms with Gasteiger partial charge in [-0.3, -0.25) is 4.98 Å². The first-order chi connectivity index (χ1) is 11.2. The largest absolute Gasteiger partial charge is 0.383 e. The molecule has 1 aromatic heterocycles. The van der Waals surface area contributed by atoms with Gasteiger partial charge < -0.3 is 10.2 Å². The Morgan fingerprint density at radius 1 is 1.22 bits per heavy atom. The van der Waals surface area contributed by atoms with Crippen molar-refractivity contribution < 1.29 is 0 Å². The topological polar surface area (TPSA) is 28.2 Å². The van der Waals surface area contributed by atoms with E-state index in [9.17, 15) is 0 Å². The number of nitrogens with one attached hydrogen (secondary N) is 1. The van der Waals surface area contributed by atoms with Crippen molar-refractivity contribution in [3.05, 3.63) is 35.0 Å². The van der Waals surface area contributed by atoms with Gasteiger partial charge in [-0.25, -0.2) is 0 Å². The second kappa shape index (κ2) is 9.36. The van der Waals surface area contributed by atoms with Gasteiger partial charge in [0.2, 0.25) is 0 Å². The molecule has 0 aliphatic heterocycles. The molecule has 0 bridgehead atoms. The molecule has 1 heterocycles.